The van der Waals surface area contributed by atoms with Crippen LogP contribution in [0.4, 0.5) is 0 Å². The van der Waals surface area contributed by atoms with Crippen molar-refractivity contribution in [1.29, 1.82) is 0 Å². The number of aliphatic carboxylic acids is 1. The zero-order valence-electron chi connectivity index (χ0n) is 18.2. The first-order chi connectivity index (χ1) is 15.5. The molecule has 0 fully saturated rings. The lowest BCUT2D eigenvalue weighted by Crippen LogP contribution is -2.33. The summed E-state index contributed by atoms with van der Waals surface area (Å²) in [6.07, 6.45) is 2.10. The van der Waals surface area contributed by atoms with Gasteiger partial charge in [-0.1, -0.05) is 67.1 Å². The van der Waals surface area contributed by atoms with Gasteiger partial charge in [0.05, 0.1) is 5.39 Å². The molecule has 0 amide bonds. The van der Waals surface area contributed by atoms with Gasteiger partial charge < -0.3 is 5.11 Å². The first kappa shape index (κ1) is 22.0. The van der Waals surface area contributed by atoms with Crippen molar-refractivity contribution in [2.45, 2.75) is 45.6 Å². The smallest absolute Gasteiger partial charge is 0.326 e. The molecular weight excluding hydrogens is 420 g/mol. The Balaban J connectivity index is 1.79. The Morgan fingerprint density at radius 2 is 1.81 bits per heavy atom. The standard InChI is InChI=1S/C26H26N2O3S/c1-3-20-16-21-24(32-20)27-23(15-19-7-5-4-6-8-19)28(25(21)29)22(26(30)31)14-13-18-11-9-17(2)10-12-18/h4-12,16,22H,3,13-15H2,1-2H3,(H,30,31). The van der Waals surface area contributed by atoms with Crippen LogP contribution < -0.4 is 5.56 Å². The zero-order chi connectivity index (χ0) is 22.7. The number of thiophene rings is 1. The van der Waals surface area contributed by atoms with Crippen LogP contribution in [0.25, 0.3) is 10.2 Å². The van der Waals surface area contributed by atoms with E-state index in [1.807, 2.05) is 74.5 Å². The van der Waals surface area contributed by atoms with Crippen molar-refractivity contribution in [2.75, 3.05) is 0 Å². The van der Waals surface area contributed by atoms with Gasteiger partial charge in [0.1, 0.15) is 16.7 Å². The number of hydrogen-bond acceptors (Lipinski definition) is 4. The first-order valence-electron chi connectivity index (χ1n) is 10.8. The van der Waals surface area contributed by atoms with Crippen molar-refractivity contribution < 1.29 is 9.90 Å². The van der Waals surface area contributed by atoms with Crippen LogP contribution >= 0.6 is 11.3 Å². The Labute approximate surface area is 191 Å². The second-order valence-corrected chi connectivity index (χ2v) is 9.14. The Bertz CT molecular complexity index is 1290. The molecule has 164 valence electrons. The monoisotopic (exact) mass is 446 g/mol. The highest BCUT2D eigenvalue weighted by atomic mass is 32.1. The summed E-state index contributed by atoms with van der Waals surface area (Å²) < 4.78 is 1.41. The van der Waals surface area contributed by atoms with Gasteiger partial charge in [0, 0.05) is 11.3 Å². The summed E-state index contributed by atoms with van der Waals surface area (Å²) in [7, 11) is 0. The van der Waals surface area contributed by atoms with Crippen LogP contribution in [0, 0.1) is 6.92 Å². The molecule has 0 bridgehead atoms. The van der Waals surface area contributed by atoms with Crippen LogP contribution in [0.1, 0.15) is 46.8 Å². The summed E-state index contributed by atoms with van der Waals surface area (Å²) in [5.74, 6) is -0.518. The van der Waals surface area contributed by atoms with Crippen LogP contribution in [0.3, 0.4) is 0 Å². The van der Waals surface area contributed by atoms with Gasteiger partial charge in [-0.2, -0.15) is 0 Å². The number of benzene rings is 2. The lowest BCUT2D eigenvalue weighted by Gasteiger charge is -2.20. The Kier molecular flexibility index (Phi) is 6.51. The molecule has 0 aliphatic rings. The zero-order valence-corrected chi connectivity index (χ0v) is 19.1. The van der Waals surface area contributed by atoms with Gasteiger partial charge in [0.2, 0.25) is 0 Å². The number of nitrogens with zero attached hydrogens (tertiary/aromatic N) is 2. The second-order valence-electron chi connectivity index (χ2n) is 8.03. The van der Waals surface area contributed by atoms with Crippen molar-refractivity contribution in [3.8, 4) is 0 Å². The molecule has 1 atom stereocenters. The van der Waals surface area contributed by atoms with E-state index < -0.39 is 12.0 Å². The topological polar surface area (TPSA) is 72.2 Å². The Morgan fingerprint density at radius 3 is 2.47 bits per heavy atom. The van der Waals surface area contributed by atoms with E-state index in [2.05, 4.69) is 0 Å². The van der Waals surface area contributed by atoms with E-state index in [9.17, 15) is 14.7 Å². The van der Waals surface area contributed by atoms with Gasteiger partial charge >= 0.3 is 5.97 Å². The normalized spacial score (nSPS) is 12.2. The van der Waals surface area contributed by atoms with Crippen LogP contribution in [0.2, 0.25) is 0 Å². The summed E-state index contributed by atoms with van der Waals surface area (Å²) in [5, 5.41) is 10.6. The molecule has 32 heavy (non-hydrogen) atoms. The third kappa shape index (κ3) is 4.65. The molecule has 6 heteroatoms. The number of hydrogen-bond donors (Lipinski definition) is 1. The van der Waals surface area contributed by atoms with E-state index in [0.717, 1.165) is 28.0 Å². The fourth-order valence-electron chi connectivity index (χ4n) is 3.91. The van der Waals surface area contributed by atoms with Gasteiger partial charge in [-0.05, 0) is 43.4 Å². The molecule has 0 saturated heterocycles. The van der Waals surface area contributed by atoms with E-state index in [1.54, 1.807) is 0 Å². The maximum absolute atomic E-state index is 13.5. The van der Waals surface area contributed by atoms with Crippen molar-refractivity contribution in [3.05, 3.63) is 98.4 Å². The molecule has 2 aromatic heterocycles. The molecule has 4 rings (SSSR count). The van der Waals surface area contributed by atoms with Crippen molar-refractivity contribution in [3.63, 3.8) is 0 Å². The van der Waals surface area contributed by atoms with Crippen LogP contribution in [0.15, 0.2) is 65.5 Å². The molecule has 2 aromatic carbocycles. The molecule has 4 aromatic rings. The van der Waals surface area contributed by atoms with Crippen molar-refractivity contribution in [1.82, 2.24) is 9.55 Å². The third-order valence-corrected chi connectivity index (χ3v) is 6.87. The highest BCUT2D eigenvalue weighted by Gasteiger charge is 2.26. The number of fused-ring (bicyclic) bond motifs is 1. The van der Waals surface area contributed by atoms with Gasteiger partial charge in [0.15, 0.2) is 0 Å². The summed E-state index contributed by atoms with van der Waals surface area (Å²) in [4.78, 5) is 32.4. The molecule has 0 saturated carbocycles. The van der Waals surface area contributed by atoms with Crippen LogP contribution in [0.5, 0.6) is 0 Å². The fourth-order valence-corrected chi connectivity index (χ4v) is 4.88. The van der Waals surface area contributed by atoms with E-state index in [-0.39, 0.29) is 5.56 Å². The predicted molar refractivity (Wildman–Crippen MR) is 129 cm³/mol. The highest BCUT2D eigenvalue weighted by molar-refractivity contribution is 7.18. The van der Waals surface area contributed by atoms with Gasteiger partial charge in [-0.3, -0.25) is 9.36 Å². The molecule has 0 aliphatic heterocycles. The lowest BCUT2D eigenvalue weighted by molar-refractivity contribution is -0.141. The van der Waals surface area contributed by atoms with Crippen LogP contribution in [-0.2, 0) is 24.1 Å². The quantitative estimate of drug-likeness (QED) is 0.405. The maximum Gasteiger partial charge on any atom is 0.326 e. The van der Waals surface area contributed by atoms with Crippen LogP contribution in [-0.4, -0.2) is 20.6 Å². The minimum Gasteiger partial charge on any atom is -0.480 e. The first-order valence-corrected chi connectivity index (χ1v) is 11.6. The van der Waals surface area contributed by atoms with E-state index >= 15 is 0 Å². The lowest BCUT2D eigenvalue weighted by atomic mass is 10.0. The minimum atomic E-state index is -1.01. The summed E-state index contributed by atoms with van der Waals surface area (Å²) >= 11 is 1.50. The molecule has 1 unspecified atom stereocenters. The SMILES string of the molecule is CCc1cc2c(=O)n(C(CCc3ccc(C)cc3)C(=O)O)c(Cc3ccccc3)nc2s1. The second kappa shape index (κ2) is 9.49. The summed E-state index contributed by atoms with van der Waals surface area (Å²) in [6.45, 7) is 4.06. The molecule has 5 nitrogen and oxygen atoms in total. The van der Waals surface area contributed by atoms with E-state index in [1.165, 1.54) is 15.9 Å². The molecular formula is C26H26N2O3S. The molecule has 2 heterocycles. The largest absolute Gasteiger partial charge is 0.480 e. The molecule has 1 N–H and O–H groups in total. The number of aryl methyl sites for hydroxylation is 3. The number of rotatable bonds is 8. The number of carboxylic acids is 1. The number of carboxylic acid groups (broad SMARTS) is 1. The van der Waals surface area contributed by atoms with Gasteiger partial charge in [-0.15, -0.1) is 11.3 Å². The van der Waals surface area contributed by atoms with E-state index in [0.29, 0.717) is 35.3 Å². The molecule has 0 spiro atoms. The third-order valence-electron chi connectivity index (χ3n) is 5.70. The Morgan fingerprint density at radius 1 is 1.09 bits per heavy atom. The average Bonchev–Trinajstić information content (AvgIpc) is 3.21. The summed E-state index contributed by atoms with van der Waals surface area (Å²) in [5.41, 5.74) is 2.93. The minimum absolute atomic E-state index is 0.270. The summed E-state index contributed by atoms with van der Waals surface area (Å²) in [6, 6.07) is 18.7. The van der Waals surface area contributed by atoms with Crippen molar-refractivity contribution in [2.24, 2.45) is 0 Å². The fraction of sp³-hybridized carbons (Fsp3) is 0.269. The predicted octanol–water partition coefficient (Wildman–Crippen LogP) is 5.18. The van der Waals surface area contributed by atoms with Gasteiger partial charge in [-0.25, -0.2) is 9.78 Å². The molecule has 0 radical (unpaired) electrons. The molecule has 0 aliphatic carbocycles. The Hall–Kier alpha value is -3.25. The van der Waals surface area contributed by atoms with E-state index in [4.69, 9.17) is 4.98 Å². The number of carbonyl (C=O) groups is 1. The number of aromatic nitrogens is 2. The maximum atomic E-state index is 13.5. The highest BCUT2D eigenvalue weighted by Crippen LogP contribution is 2.25. The van der Waals surface area contributed by atoms with Crippen molar-refractivity contribution >= 4 is 27.5 Å². The average molecular weight is 447 g/mol. The van der Waals surface area contributed by atoms with Gasteiger partial charge in [0.25, 0.3) is 5.56 Å².